The molecule has 2 aliphatic rings. The fourth-order valence-electron chi connectivity index (χ4n) is 3.74. The van der Waals surface area contributed by atoms with E-state index in [1.54, 1.807) is 6.20 Å². The summed E-state index contributed by atoms with van der Waals surface area (Å²) in [5, 5.41) is 9.52. The van der Waals surface area contributed by atoms with E-state index in [0.29, 0.717) is 6.42 Å². The highest BCUT2D eigenvalue weighted by atomic mass is 16.2. The summed E-state index contributed by atoms with van der Waals surface area (Å²) in [4.78, 5) is 23.9. The number of hydrogen-bond donors (Lipinski definition) is 2. The number of aryl methyl sites for hydroxylation is 2. The van der Waals surface area contributed by atoms with Gasteiger partial charge in [0.25, 0.3) is 5.91 Å². The summed E-state index contributed by atoms with van der Waals surface area (Å²) in [5.41, 5.74) is 3.29. The smallest absolute Gasteiger partial charge is 0.319 e. The number of rotatable bonds is 2. The molecule has 1 aromatic carbocycles. The molecule has 1 atom stereocenters. The predicted molar refractivity (Wildman–Crippen MR) is 84.6 cm³/mol. The minimum absolute atomic E-state index is 0.241. The number of carbonyl (C=O) groups excluding carboxylic acids is 2. The molecule has 1 aromatic heterocycles. The van der Waals surface area contributed by atoms with E-state index in [0.717, 1.165) is 41.8 Å². The molecule has 0 radical (unpaired) electrons. The molecule has 1 aliphatic carbocycles. The van der Waals surface area contributed by atoms with E-state index < -0.39 is 11.6 Å². The molecule has 2 N–H and O–H groups in total. The van der Waals surface area contributed by atoms with Crippen LogP contribution in [0.5, 0.6) is 0 Å². The topological polar surface area (TPSA) is 76.0 Å². The van der Waals surface area contributed by atoms with Crippen molar-refractivity contribution in [2.45, 2.75) is 38.3 Å². The Bertz CT molecular complexity index is 811. The van der Waals surface area contributed by atoms with Crippen molar-refractivity contribution in [2.24, 2.45) is 0 Å². The summed E-state index contributed by atoms with van der Waals surface area (Å²) in [6.07, 6.45) is 4.22. The van der Waals surface area contributed by atoms with Crippen molar-refractivity contribution in [3.8, 4) is 11.3 Å². The first kappa shape index (κ1) is 14.0. The minimum Gasteiger partial charge on any atom is -0.319 e. The van der Waals surface area contributed by atoms with Gasteiger partial charge in [0.15, 0.2) is 0 Å². The van der Waals surface area contributed by atoms with Crippen LogP contribution in [0, 0.1) is 0 Å². The van der Waals surface area contributed by atoms with Crippen LogP contribution in [0.2, 0.25) is 0 Å². The Hall–Kier alpha value is -2.63. The van der Waals surface area contributed by atoms with Gasteiger partial charge in [0, 0.05) is 18.3 Å². The van der Waals surface area contributed by atoms with Crippen molar-refractivity contribution in [1.29, 1.82) is 0 Å². The van der Waals surface area contributed by atoms with Gasteiger partial charge in [0.1, 0.15) is 5.54 Å². The Morgan fingerprint density at radius 1 is 1.30 bits per heavy atom. The Kier molecular flexibility index (Phi) is 3.01. The van der Waals surface area contributed by atoms with Gasteiger partial charge in [-0.1, -0.05) is 12.1 Å². The van der Waals surface area contributed by atoms with E-state index in [4.69, 9.17) is 0 Å². The average molecular weight is 310 g/mol. The summed E-state index contributed by atoms with van der Waals surface area (Å²) in [6, 6.07) is 7.69. The average Bonchev–Trinajstić information content (AvgIpc) is 3.12. The lowest BCUT2D eigenvalue weighted by atomic mass is 9.76. The van der Waals surface area contributed by atoms with Gasteiger partial charge >= 0.3 is 6.03 Å². The molecule has 1 spiro atoms. The number of imide groups is 1. The van der Waals surface area contributed by atoms with Gasteiger partial charge in [0.05, 0.1) is 5.69 Å². The van der Waals surface area contributed by atoms with Crippen LogP contribution in [0.3, 0.4) is 0 Å². The molecule has 4 rings (SSSR count). The van der Waals surface area contributed by atoms with Crippen LogP contribution in [0.4, 0.5) is 4.79 Å². The van der Waals surface area contributed by atoms with Gasteiger partial charge in [-0.25, -0.2) is 4.79 Å². The van der Waals surface area contributed by atoms with Crippen LogP contribution in [-0.4, -0.2) is 21.7 Å². The van der Waals surface area contributed by atoms with Crippen molar-refractivity contribution in [3.05, 3.63) is 41.6 Å². The molecule has 6 nitrogen and oxygen atoms in total. The van der Waals surface area contributed by atoms with Crippen LogP contribution in [0.15, 0.2) is 30.5 Å². The molecule has 0 saturated carbocycles. The Labute approximate surface area is 133 Å². The first-order valence-electron chi connectivity index (χ1n) is 7.93. The van der Waals surface area contributed by atoms with Gasteiger partial charge in [-0.05, 0) is 49.4 Å². The molecule has 1 fully saturated rings. The molecule has 1 aliphatic heterocycles. The third-order valence-corrected chi connectivity index (χ3v) is 4.82. The maximum Gasteiger partial charge on any atom is 0.322 e. The zero-order valence-corrected chi connectivity index (χ0v) is 12.9. The largest absolute Gasteiger partial charge is 0.322 e. The minimum atomic E-state index is -0.895. The predicted octanol–water partition coefficient (Wildman–Crippen LogP) is 1.94. The standard InChI is InChI=1S/C17H18N4O2/c1-2-21-14(7-9-18-21)12-5-6-13-11(10-12)4-3-8-17(13)15(22)19-16(23)20-17/h5-7,9-10H,2-4,8H2,1H3,(H2,19,20,22,23). The molecule has 6 heteroatoms. The van der Waals surface area contributed by atoms with Crippen LogP contribution in [0.25, 0.3) is 11.3 Å². The zero-order valence-electron chi connectivity index (χ0n) is 12.9. The quantitative estimate of drug-likeness (QED) is 0.832. The number of carbonyl (C=O) groups is 2. The molecule has 1 saturated heterocycles. The highest BCUT2D eigenvalue weighted by molar-refractivity contribution is 6.07. The summed E-state index contributed by atoms with van der Waals surface area (Å²) in [5.74, 6) is -0.241. The molecule has 23 heavy (non-hydrogen) atoms. The Morgan fingerprint density at radius 2 is 2.17 bits per heavy atom. The van der Waals surface area contributed by atoms with Gasteiger partial charge in [-0.3, -0.25) is 14.8 Å². The SMILES string of the molecule is CCn1nccc1-c1ccc2c(c1)CCCC21NC(=O)NC1=O. The molecule has 118 valence electrons. The number of fused-ring (bicyclic) bond motifs is 2. The Balaban J connectivity index is 1.81. The second kappa shape index (κ2) is 4.94. The summed E-state index contributed by atoms with van der Waals surface area (Å²) >= 11 is 0. The molecular formula is C17H18N4O2. The van der Waals surface area contributed by atoms with Crippen molar-refractivity contribution >= 4 is 11.9 Å². The van der Waals surface area contributed by atoms with E-state index in [2.05, 4.69) is 28.7 Å². The third kappa shape index (κ3) is 1.98. The van der Waals surface area contributed by atoms with Crippen LogP contribution < -0.4 is 10.6 Å². The maximum atomic E-state index is 12.3. The number of urea groups is 1. The van der Waals surface area contributed by atoms with Crippen molar-refractivity contribution in [1.82, 2.24) is 20.4 Å². The third-order valence-electron chi connectivity index (χ3n) is 4.82. The molecular weight excluding hydrogens is 292 g/mol. The summed E-state index contributed by atoms with van der Waals surface area (Å²) in [7, 11) is 0. The normalized spacial score (nSPS) is 22.8. The molecule has 2 heterocycles. The summed E-state index contributed by atoms with van der Waals surface area (Å²) in [6.45, 7) is 2.87. The summed E-state index contributed by atoms with van der Waals surface area (Å²) < 4.78 is 1.95. The molecule has 2 aromatic rings. The van der Waals surface area contributed by atoms with Gasteiger partial charge in [-0.2, -0.15) is 5.10 Å². The number of aromatic nitrogens is 2. The van der Waals surface area contributed by atoms with E-state index >= 15 is 0 Å². The number of benzene rings is 1. The van der Waals surface area contributed by atoms with Gasteiger partial charge in [-0.15, -0.1) is 0 Å². The molecule has 1 unspecified atom stereocenters. The fraction of sp³-hybridized carbons (Fsp3) is 0.353. The molecule has 0 bridgehead atoms. The van der Waals surface area contributed by atoms with Crippen molar-refractivity contribution < 1.29 is 9.59 Å². The Morgan fingerprint density at radius 3 is 2.91 bits per heavy atom. The lowest BCUT2D eigenvalue weighted by Crippen LogP contribution is -2.46. The first-order chi connectivity index (χ1) is 11.1. The van der Waals surface area contributed by atoms with E-state index in [1.807, 2.05) is 22.9 Å². The van der Waals surface area contributed by atoms with Crippen molar-refractivity contribution in [2.75, 3.05) is 0 Å². The van der Waals surface area contributed by atoms with E-state index in [-0.39, 0.29) is 5.91 Å². The second-order valence-corrected chi connectivity index (χ2v) is 6.07. The first-order valence-corrected chi connectivity index (χ1v) is 7.93. The monoisotopic (exact) mass is 310 g/mol. The van der Waals surface area contributed by atoms with Gasteiger partial charge < -0.3 is 5.32 Å². The van der Waals surface area contributed by atoms with Crippen LogP contribution in [-0.2, 0) is 23.3 Å². The van der Waals surface area contributed by atoms with Gasteiger partial charge in [0.2, 0.25) is 0 Å². The number of amides is 3. The van der Waals surface area contributed by atoms with Crippen LogP contribution in [0.1, 0.15) is 30.9 Å². The van der Waals surface area contributed by atoms with Crippen LogP contribution >= 0.6 is 0 Å². The highest BCUT2D eigenvalue weighted by Gasteiger charge is 2.49. The lowest BCUT2D eigenvalue weighted by molar-refractivity contribution is -0.124. The molecule has 3 amide bonds. The number of nitrogens with one attached hydrogen (secondary N) is 2. The highest BCUT2D eigenvalue weighted by Crippen LogP contribution is 2.39. The number of nitrogens with zero attached hydrogens (tertiary/aromatic N) is 2. The van der Waals surface area contributed by atoms with Crippen molar-refractivity contribution in [3.63, 3.8) is 0 Å². The lowest BCUT2D eigenvalue weighted by Gasteiger charge is -2.33. The zero-order chi connectivity index (χ0) is 16.0. The van der Waals surface area contributed by atoms with E-state index in [9.17, 15) is 9.59 Å². The fourth-order valence-corrected chi connectivity index (χ4v) is 3.74. The number of hydrogen-bond acceptors (Lipinski definition) is 3. The second-order valence-electron chi connectivity index (χ2n) is 6.07. The maximum absolute atomic E-state index is 12.3. The van der Waals surface area contributed by atoms with E-state index in [1.165, 1.54) is 0 Å².